The molecule has 8 rings (SSSR count). The van der Waals surface area contributed by atoms with Crippen molar-refractivity contribution in [2.75, 3.05) is 4.90 Å². The third kappa shape index (κ3) is 2.75. The smallest absolute Gasteiger partial charge is 0.114 e. The van der Waals surface area contributed by atoms with E-state index in [9.17, 15) is 0 Å². The highest BCUT2D eigenvalue weighted by molar-refractivity contribution is 6.09. The van der Waals surface area contributed by atoms with Crippen LogP contribution in [-0.2, 0) is 6.42 Å². The van der Waals surface area contributed by atoms with Crippen LogP contribution in [0.15, 0.2) is 115 Å². The van der Waals surface area contributed by atoms with Crippen molar-refractivity contribution in [1.29, 1.82) is 0 Å². The molecule has 0 spiro atoms. The fraction of sp³-hybridized carbons (Fsp3) is 0.0606. The zero-order chi connectivity index (χ0) is 24.5. The maximum Gasteiger partial charge on any atom is 0.114 e. The van der Waals surface area contributed by atoms with Gasteiger partial charge in [0.25, 0.3) is 0 Å². The summed E-state index contributed by atoms with van der Waals surface area (Å²) in [7, 11) is 0. The number of anilines is 3. The Balaban J connectivity index is 1.48. The minimum absolute atomic E-state index is 0.860. The lowest BCUT2D eigenvalue weighted by Gasteiger charge is -2.33. The first-order valence-corrected chi connectivity index (χ1v) is 12.8. The average Bonchev–Trinajstić information content (AvgIpc) is 3.51. The molecule has 37 heavy (non-hydrogen) atoms. The molecule has 3 heterocycles. The molecular weight excluding hydrogens is 452 g/mol. The molecule has 2 aromatic heterocycles. The van der Waals surface area contributed by atoms with E-state index in [4.69, 9.17) is 4.98 Å². The maximum atomic E-state index is 5.05. The average molecular weight is 477 g/mol. The summed E-state index contributed by atoms with van der Waals surface area (Å²) in [5.74, 6) is 1.08. The van der Waals surface area contributed by atoms with Crippen molar-refractivity contribution in [3.8, 4) is 11.4 Å². The van der Waals surface area contributed by atoms with Crippen molar-refractivity contribution < 1.29 is 0 Å². The molecule has 1 aliphatic heterocycles. The van der Waals surface area contributed by atoms with E-state index in [1.807, 2.05) is 0 Å². The van der Waals surface area contributed by atoms with Crippen molar-refractivity contribution in [3.63, 3.8) is 0 Å². The number of hydrogen-bond donors (Lipinski definition) is 0. The molecule has 176 valence electrons. The molecule has 0 radical (unpaired) electrons. The Labute approximate surface area is 214 Å². The summed E-state index contributed by atoms with van der Waals surface area (Å²) in [5, 5.41) is 2.54. The lowest BCUT2D eigenvalue weighted by atomic mass is 10.1. The number of aryl methyl sites for hydroxylation is 1. The van der Waals surface area contributed by atoms with E-state index >= 15 is 0 Å². The first kappa shape index (κ1) is 20.4. The molecule has 5 aromatic carbocycles. The van der Waals surface area contributed by atoms with Gasteiger partial charge in [-0.25, -0.2) is 4.98 Å². The highest BCUT2D eigenvalue weighted by Gasteiger charge is 2.29. The quantitative estimate of drug-likeness (QED) is 0.256. The van der Waals surface area contributed by atoms with Crippen molar-refractivity contribution in [2.24, 2.45) is 0 Å². The number of nitrogens with zero attached hydrogens (tertiary/aromatic N) is 4. The molecule has 0 bridgehead atoms. The van der Waals surface area contributed by atoms with Crippen LogP contribution >= 0.6 is 0 Å². The van der Waals surface area contributed by atoms with Gasteiger partial charge in [-0.2, -0.15) is 0 Å². The van der Waals surface area contributed by atoms with Gasteiger partial charge in [0.1, 0.15) is 5.82 Å². The van der Waals surface area contributed by atoms with Crippen LogP contribution in [0.2, 0.25) is 0 Å². The molecule has 0 saturated heterocycles. The Morgan fingerprint density at radius 2 is 1.27 bits per heavy atom. The third-order valence-corrected chi connectivity index (χ3v) is 7.58. The number of fused-ring (bicyclic) bond motifs is 5. The van der Waals surface area contributed by atoms with E-state index in [2.05, 4.69) is 136 Å². The molecule has 4 heteroatoms. The van der Waals surface area contributed by atoms with E-state index in [0.717, 1.165) is 51.7 Å². The predicted octanol–water partition coefficient (Wildman–Crippen LogP) is 8.47. The summed E-state index contributed by atoms with van der Waals surface area (Å²) in [4.78, 5) is 7.42. The van der Waals surface area contributed by atoms with Crippen LogP contribution < -0.4 is 4.90 Å². The summed E-state index contributed by atoms with van der Waals surface area (Å²) in [5.41, 5.74) is 10.4. The minimum Gasteiger partial charge on any atom is -0.309 e. The molecule has 0 unspecified atom stereocenters. The second-order valence-electron chi connectivity index (χ2n) is 9.58. The Morgan fingerprint density at radius 3 is 2.00 bits per heavy atom. The van der Waals surface area contributed by atoms with Crippen LogP contribution in [0, 0.1) is 0 Å². The molecule has 0 aliphatic carbocycles. The number of aromatic nitrogens is 3. The van der Waals surface area contributed by atoms with Crippen LogP contribution in [0.4, 0.5) is 17.1 Å². The monoisotopic (exact) mass is 476 g/mol. The number of benzene rings is 5. The fourth-order valence-electron chi connectivity index (χ4n) is 6.04. The predicted molar refractivity (Wildman–Crippen MR) is 153 cm³/mol. The molecule has 0 fully saturated rings. The zero-order valence-electron chi connectivity index (χ0n) is 20.5. The van der Waals surface area contributed by atoms with Crippen LogP contribution in [-0.4, -0.2) is 14.1 Å². The maximum absolute atomic E-state index is 5.05. The fourth-order valence-corrected chi connectivity index (χ4v) is 6.04. The van der Waals surface area contributed by atoms with Crippen molar-refractivity contribution in [1.82, 2.24) is 14.1 Å². The molecule has 0 atom stereocenters. The summed E-state index contributed by atoms with van der Waals surface area (Å²) < 4.78 is 4.76. The molecule has 0 N–H and O–H groups in total. The Hall–Kier alpha value is -4.83. The summed E-state index contributed by atoms with van der Waals surface area (Å²) >= 11 is 0. The lowest BCUT2D eigenvalue weighted by molar-refractivity contribution is 0.899. The number of rotatable bonds is 3. The second kappa shape index (κ2) is 7.58. The Kier molecular flexibility index (Phi) is 4.17. The molecule has 1 aliphatic rings. The van der Waals surface area contributed by atoms with Gasteiger partial charge in [0.05, 0.1) is 39.1 Å². The normalized spacial score (nSPS) is 12.5. The summed E-state index contributed by atoms with van der Waals surface area (Å²) in [6.45, 7) is 2.18. The summed E-state index contributed by atoms with van der Waals surface area (Å²) in [6, 6.07) is 41.3. The largest absolute Gasteiger partial charge is 0.309 e. The van der Waals surface area contributed by atoms with Gasteiger partial charge in [-0.1, -0.05) is 67.6 Å². The highest BCUT2D eigenvalue weighted by Crippen LogP contribution is 2.47. The first-order valence-electron chi connectivity index (χ1n) is 12.8. The van der Waals surface area contributed by atoms with Crippen LogP contribution in [0.5, 0.6) is 0 Å². The van der Waals surface area contributed by atoms with Gasteiger partial charge in [-0.05, 0) is 54.6 Å². The molecule has 7 aromatic rings. The molecule has 0 amide bonds. The van der Waals surface area contributed by atoms with E-state index in [-0.39, 0.29) is 0 Å². The number of para-hydroxylation sites is 4. The first-order chi connectivity index (χ1) is 18.3. The van der Waals surface area contributed by atoms with Gasteiger partial charge in [-0.3, -0.25) is 4.57 Å². The number of hydrogen-bond acceptors (Lipinski definition) is 2. The van der Waals surface area contributed by atoms with E-state index in [0.29, 0.717) is 0 Å². The molecule has 0 saturated carbocycles. The highest BCUT2D eigenvalue weighted by atomic mass is 15.2. The van der Waals surface area contributed by atoms with E-state index < -0.39 is 0 Å². The van der Waals surface area contributed by atoms with Crippen molar-refractivity contribution in [3.05, 3.63) is 121 Å². The molecule has 4 nitrogen and oxygen atoms in total. The number of imidazole rings is 1. The van der Waals surface area contributed by atoms with E-state index in [1.54, 1.807) is 0 Å². The SMILES string of the molecule is CCc1nc2cccc3c2n1-c1cc(-n2c4ccccc4c4ccccc42)ccc1N3c1ccccc1. The van der Waals surface area contributed by atoms with E-state index in [1.165, 1.54) is 21.8 Å². The van der Waals surface area contributed by atoms with Gasteiger partial charge in [0.15, 0.2) is 0 Å². The van der Waals surface area contributed by atoms with Gasteiger partial charge in [0, 0.05) is 28.6 Å². The van der Waals surface area contributed by atoms with Gasteiger partial charge in [-0.15, -0.1) is 0 Å². The van der Waals surface area contributed by atoms with Crippen LogP contribution in [0.1, 0.15) is 12.7 Å². The van der Waals surface area contributed by atoms with Crippen molar-refractivity contribution in [2.45, 2.75) is 13.3 Å². The topological polar surface area (TPSA) is 26.0 Å². The van der Waals surface area contributed by atoms with Gasteiger partial charge < -0.3 is 9.47 Å². The van der Waals surface area contributed by atoms with Gasteiger partial charge in [0.2, 0.25) is 0 Å². The zero-order valence-corrected chi connectivity index (χ0v) is 20.5. The standard InChI is InChI=1S/C33H24N4/c1-2-32-34-26-15-10-18-30-33(26)37(32)31-21-23(19-20-29(31)35(30)22-11-4-3-5-12-22)36-27-16-8-6-13-24(27)25-14-7-9-17-28(25)36/h3-21H,2H2,1H3. The summed E-state index contributed by atoms with van der Waals surface area (Å²) in [6.07, 6.45) is 0.860. The van der Waals surface area contributed by atoms with Crippen LogP contribution in [0.3, 0.4) is 0 Å². The Bertz CT molecular complexity index is 1920. The Morgan fingerprint density at radius 1 is 0.568 bits per heavy atom. The van der Waals surface area contributed by atoms with Crippen LogP contribution in [0.25, 0.3) is 44.2 Å². The van der Waals surface area contributed by atoms with Gasteiger partial charge >= 0.3 is 0 Å². The second-order valence-corrected chi connectivity index (χ2v) is 9.58. The van der Waals surface area contributed by atoms with Crippen molar-refractivity contribution >= 4 is 49.9 Å². The third-order valence-electron chi connectivity index (χ3n) is 7.58. The molecular formula is C33H24N4. The minimum atomic E-state index is 0.860. The lowest BCUT2D eigenvalue weighted by Crippen LogP contribution is -2.19.